The third-order valence-corrected chi connectivity index (χ3v) is 10.4. The molecule has 11 aromatic rings. The van der Waals surface area contributed by atoms with Gasteiger partial charge in [0.15, 0.2) is 0 Å². The minimum Gasteiger partial charge on any atom is -0.455 e. The van der Waals surface area contributed by atoms with E-state index in [-0.39, 0.29) is 0 Å². The molecule has 238 valence electrons. The van der Waals surface area contributed by atoms with Gasteiger partial charge in [0.25, 0.3) is 0 Å². The van der Waals surface area contributed by atoms with E-state index in [2.05, 4.69) is 163 Å². The number of hydrogen-bond donors (Lipinski definition) is 0. The van der Waals surface area contributed by atoms with E-state index in [9.17, 15) is 0 Å². The zero-order valence-electron chi connectivity index (χ0n) is 27.5. The highest BCUT2D eigenvalue weighted by Gasteiger charge is 2.19. The van der Waals surface area contributed by atoms with Crippen molar-refractivity contribution < 1.29 is 8.83 Å². The number of benzene rings is 9. The average molecular weight is 652 g/mol. The van der Waals surface area contributed by atoms with Crippen LogP contribution in [0.5, 0.6) is 0 Å². The van der Waals surface area contributed by atoms with E-state index in [1.807, 2.05) is 18.2 Å². The van der Waals surface area contributed by atoms with Crippen molar-refractivity contribution in [3.63, 3.8) is 0 Å². The minimum absolute atomic E-state index is 0.906. The molecular formula is C48H29NO2. The highest BCUT2D eigenvalue weighted by atomic mass is 16.3. The van der Waals surface area contributed by atoms with Gasteiger partial charge in [-0.2, -0.15) is 0 Å². The van der Waals surface area contributed by atoms with Crippen molar-refractivity contribution in [3.8, 4) is 11.1 Å². The molecule has 2 heterocycles. The molecular weight excluding hydrogens is 623 g/mol. The van der Waals surface area contributed by atoms with Crippen LogP contribution < -0.4 is 4.90 Å². The van der Waals surface area contributed by atoms with E-state index < -0.39 is 0 Å². The molecule has 0 atom stereocenters. The summed E-state index contributed by atoms with van der Waals surface area (Å²) in [5.41, 5.74) is 9.15. The summed E-state index contributed by atoms with van der Waals surface area (Å²) in [6, 6.07) is 62.6. The van der Waals surface area contributed by atoms with Gasteiger partial charge in [-0.25, -0.2) is 0 Å². The maximum Gasteiger partial charge on any atom is 0.143 e. The molecule has 0 radical (unpaired) electrons. The average Bonchev–Trinajstić information content (AvgIpc) is 3.77. The molecule has 0 amide bonds. The SMILES string of the molecule is c1ccc2c(N(c3ccc(-c4cccc5c4oc4ccccc45)cc3)c3ccc4c(ccc5ccc6c7ccccc7oc6c54)c3)cccc2c1. The molecule has 0 saturated heterocycles. The van der Waals surface area contributed by atoms with E-state index in [4.69, 9.17) is 8.83 Å². The van der Waals surface area contributed by atoms with E-state index in [0.717, 1.165) is 82.8 Å². The molecule has 0 spiro atoms. The lowest BCUT2D eigenvalue weighted by molar-refractivity contribution is 0.670. The molecule has 3 nitrogen and oxygen atoms in total. The first kappa shape index (κ1) is 28.0. The van der Waals surface area contributed by atoms with E-state index >= 15 is 0 Å². The maximum atomic E-state index is 6.51. The Labute approximate surface area is 293 Å². The number of fused-ring (bicyclic) bond motifs is 11. The van der Waals surface area contributed by atoms with Crippen LogP contribution in [0.2, 0.25) is 0 Å². The summed E-state index contributed by atoms with van der Waals surface area (Å²) < 4.78 is 12.9. The van der Waals surface area contributed by atoms with Crippen molar-refractivity contribution in [1.82, 2.24) is 0 Å². The molecule has 0 aliphatic carbocycles. The Hall–Kier alpha value is -6.84. The fraction of sp³-hybridized carbons (Fsp3) is 0. The second-order valence-corrected chi connectivity index (χ2v) is 13.3. The highest BCUT2D eigenvalue weighted by Crippen LogP contribution is 2.43. The van der Waals surface area contributed by atoms with Crippen LogP contribution in [0.15, 0.2) is 185 Å². The van der Waals surface area contributed by atoms with Crippen molar-refractivity contribution in [1.29, 1.82) is 0 Å². The summed E-state index contributed by atoms with van der Waals surface area (Å²) in [6.45, 7) is 0. The Bertz CT molecular complexity index is 3140. The molecule has 0 aliphatic rings. The fourth-order valence-electron chi connectivity index (χ4n) is 8.05. The van der Waals surface area contributed by atoms with Gasteiger partial charge in [-0.05, 0) is 75.6 Å². The minimum atomic E-state index is 0.906. The van der Waals surface area contributed by atoms with Crippen molar-refractivity contribution >= 4 is 93.3 Å². The smallest absolute Gasteiger partial charge is 0.143 e. The van der Waals surface area contributed by atoms with Crippen LogP contribution in [0, 0.1) is 0 Å². The molecule has 0 N–H and O–H groups in total. The van der Waals surface area contributed by atoms with Crippen molar-refractivity contribution in [2.45, 2.75) is 0 Å². The van der Waals surface area contributed by atoms with E-state index in [1.54, 1.807) is 0 Å². The van der Waals surface area contributed by atoms with E-state index in [0.29, 0.717) is 0 Å². The van der Waals surface area contributed by atoms with Crippen LogP contribution in [0.1, 0.15) is 0 Å². The lowest BCUT2D eigenvalue weighted by Gasteiger charge is -2.27. The molecule has 3 heteroatoms. The third-order valence-electron chi connectivity index (χ3n) is 10.4. The van der Waals surface area contributed by atoms with Gasteiger partial charge < -0.3 is 13.7 Å². The zero-order chi connectivity index (χ0) is 33.5. The van der Waals surface area contributed by atoms with Crippen molar-refractivity contribution in [2.75, 3.05) is 4.90 Å². The summed E-state index contributed by atoms with van der Waals surface area (Å²) in [7, 11) is 0. The Kier molecular flexibility index (Phi) is 5.96. The van der Waals surface area contributed by atoms with Gasteiger partial charge in [0, 0.05) is 49.3 Å². The quantitative estimate of drug-likeness (QED) is 0.177. The predicted molar refractivity (Wildman–Crippen MR) is 214 cm³/mol. The number of furan rings is 2. The second kappa shape index (κ2) is 10.8. The lowest BCUT2D eigenvalue weighted by atomic mass is 9.98. The van der Waals surface area contributed by atoms with Gasteiger partial charge in [0.2, 0.25) is 0 Å². The van der Waals surface area contributed by atoms with Gasteiger partial charge in [0.1, 0.15) is 22.3 Å². The van der Waals surface area contributed by atoms with Crippen LogP contribution in [0.3, 0.4) is 0 Å². The summed E-state index contributed by atoms with van der Waals surface area (Å²) in [4.78, 5) is 2.37. The first-order chi connectivity index (χ1) is 25.3. The Morgan fingerprint density at radius 3 is 1.76 bits per heavy atom. The van der Waals surface area contributed by atoms with Crippen molar-refractivity contribution in [2.24, 2.45) is 0 Å². The van der Waals surface area contributed by atoms with Crippen LogP contribution in [-0.4, -0.2) is 0 Å². The molecule has 9 aromatic carbocycles. The van der Waals surface area contributed by atoms with Gasteiger partial charge in [0.05, 0.1) is 5.69 Å². The third kappa shape index (κ3) is 4.25. The van der Waals surface area contributed by atoms with Gasteiger partial charge in [-0.3, -0.25) is 0 Å². The fourth-order valence-corrected chi connectivity index (χ4v) is 8.05. The number of hydrogen-bond acceptors (Lipinski definition) is 3. The molecule has 0 aliphatic heterocycles. The summed E-state index contributed by atoms with van der Waals surface area (Å²) in [6.07, 6.45) is 0. The molecule has 0 unspecified atom stereocenters. The number of nitrogens with zero attached hydrogens (tertiary/aromatic N) is 1. The first-order valence-electron chi connectivity index (χ1n) is 17.3. The van der Waals surface area contributed by atoms with Gasteiger partial charge in [-0.1, -0.05) is 127 Å². The molecule has 0 fully saturated rings. The standard InChI is InChI=1S/C48H29NO2/c1-2-11-36-30(9-1)10-7-16-43(36)49(34-24-21-31(22-25-34)38-14-8-15-41-39-12-3-5-17-44(39)50-47(38)41)35-26-28-37-33(29-35)20-19-32-23-27-42-40-13-4-6-18-45(40)51-48(42)46(32)37/h1-29H. The number of rotatable bonds is 4. The second-order valence-electron chi connectivity index (χ2n) is 13.3. The van der Waals surface area contributed by atoms with E-state index in [1.165, 1.54) is 21.5 Å². The normalized spacial score (nSPS) is 11.9. The summed E-state index contributed by atoms with van der Waals surface area (Å²) in [5, 5.41) is 11.6. The molecule has 0 saturated carbocycles. The molecule has 11 rings (SSSR count). The Morgan fingerprint density at radius 1 is 0.353 bits per heavy atom. The zero-order valence-corrected chi connectivity index (χ0v) is 27.5. The molecule has 2 aromatic heterocycles. The molecule has 51 heavy (non-hydrogen) atoms. The summed E-state index contributed by atoms with van der Waals surface area (Å²) in [5.74, 6) is 0. The van der Waals surface area contributed by atoms with Gasteiger partial charge >= 0.3 is 0 Å². The van der Waals surface area contributed by atoms with Gasteiger partial charge in [-0.15, -0.1) is 0 Å². The Morgan fingerprint density at radius 2 is 0.941 bits per heavy atom. The lowest BCUT2D eigenvalue weighted by Crippen LogP contribution is -2.10. The van der Waals surface area contributed by atoms with Crippen LogP contribution in [-0.2, 0) is 0 Å². The van der Waals surface area contributed by atoms with Crippen LogP contribution >= 0.6 is 0 Å². The van der Waals surface area contributed by atoms with Crippen LogP contribution in [0.25, 0.3) is 87.3 Å². The number of para-hydroxylation sites is 3. The topological polar surface area (TPSA) is 29.5 Å². The first-order valence-corrected chi connectivity index (χ1v) is 17.3. The van der Waals surface area contributed by atoms with Crippen LogP contribution in [0.4, 0.5) is 17.1 Å². The highest BCUT2D eigenvalue weighted by molar-refractivity contribution is 6.23. The van der Waals surface area contributed by atoms with Crippen molar-refractivity contribution in [3.05, 3.63) is 176 Å². The largest absolute Gasteiger partial charge is 0.455 e. The summed E-state index contributed by atoms with van der Waals surface area (Å²) >= 11 is 0. The molecule has 0 bridgehead atoms. The Balaban J connectivity index is 1.10. The maximum absolute atomic E-state index is 6.51. The monoisotopic (exact) mass is 651 g/mol. The predicted octanol–water partition coefficient (Wildman–Crippen LogP) is 14.1. The number of anilines is 3.